The summed E-state index contributed by atoms with van der Waals surface area (Å²) in [5.74, 6) is 0. The molecule has 2 fully saturated rings. The maximum atomic E-state index is 12.4. The van der Waals surface area contributed by atoms with Gasteiger partial charge in [-0.15, -0.1) is 0 Å². The number of carbonyl (C=O) groups is 1. The lowest BCUT2D eigenvalue weighted by Crippen LogP contribution is -2.45. The van der Waals surface area contributed by atoms with Gasteiger partial charge in [-0.05, 0) is 32.3 Å². The molecule has 3 rings (SSSR count). The van der Waals surface area contributed by atoms with Gasteiger partial charge in [0.1, 0.15) is 6.61 Å². The fourth-order valence-corrected chi connectivity index (χ4v) is 3.82. The SMILES string of the molecule is CC1CN(CC=CC2CCCN2C(=O)OCc2ccccc2)CC(C)O1. The molecule has 0 N–H and O–H groups in total. The molecule has 0 aliphatic carbocycles. The Labute approximate surface area is 156 Å². The first-order chi connectivity index (χ1) is 12.6. The summed E-state index contributed by atoms with van der Waals surface area (Å²) in [5, 5.41) is 0. The van der Waals surface area contributed by atoms with Crippen molar-refractivity contribution in [2.75, 3.05) is 26.2 Å². The maximum absolute atomic E-state index is 12.4. The monoisotopic (exact) mass is 358 g/mol. The van der Waals surface area contributed by atoms with Gasteiger partial charge in [-0.25, -0.2) is 4.79 Å². The van der Waals surface area contributed by atoms with Crippen LogP contribution in [0, 0.1) is 0 Å². The van der Waals surface area contributed by atoms with Crippen molar-refractivity contribution >= 4 is 6.09 Å². The molecule has 1 amide bonds. The van der Waals surface area contributed by atoms with Crippen molar-refractivity contribution in [2.24, 2.45) is 0 Å². The standard InChI is InChI=1S/C21H30N2O3/c1-17-14-22(15-18(2)26-17)12-6-10-20-11-7-13-23(20)21(24)25-16-19-8-4-3-5-9-19/h3-6,8-10,17-18,20H,7,11-16H2,1-2H3. The minimum atomic E-state index is -0.213. The van der Waals surface area contributed by atoms with Gasteiger partial charge in [-0.3, -0.25) is 4.90 Å². The molecule has 2 saturated heterocycles. The van der Waals surface area contributed by atoms with E-state index in [0.29, 0.717) is 6.61 Å². The number of morpholine rings is 1. The van der Waals surface area contributed by atoms with Crippen LogP contribution < -0.4 is 0 Å². The molecule has 3 unspecified atom stereocenters. The molecule has 0 aromatic heterocycles. The van der Waals surface area contributed by atoms with Gasteiger partial charge in [0.2, 0.25) is 0 Å². The summed E-state index contributed by atoms with van der Waals surface area (Å²) in [6, 6.07) is 9.96. The second-order valence-corrected chi connectivity index (χ2v) is 7.35. The van der Waals surface area contributed by atoms with E-state index in [4.69, 9.17) is 9.47 Å². The van der Waals surface area contributed by atoms with Crippen molar-refractivity contribution in [1.29, 1.82) is 0 Å². The summed E-state index contributed by atoms with van der Waals surface area (Å²) >= 11 is 0. The lowest BCUT2D eigenvalue weighted by molar-refractivity contribution is -0.0646. The largest absolute Gasteiger partial charge is 0.445 e. The summed E-state index contributed by atoms with van der Waals surface area (Å²) in [5.41, 5.74) is 1.02. The van der Waals surface area contributed by atoms with E-state index in [1.165, 1.54) is 0 Å². The van der Waals surface area contributed by atoms with Crippen LogP contribution in [0.15, 0.2) is 42.5 Å². The van der Waals surface area contributed by atoms with Gasteiger partial charge in [-0.2, -0.15) is 0 Å². The van der Waals surface area contributed by atoms with Crippen molar-refractivity contribution in [3.8, 4) is 0 Å². The predicted octanol–water partition coefficient (Wildman–Crippen LogP) is 3.45. The number of likely N-dealkylation sites (tertiary alicyclic amines) is 1. The van der Waals surface area contributed by atoms with E-state index < -0.39 is 0 Å². The lowest BCUT2D eigenvalue weighted by atomic mass is 10.2. The van der Waals surface area contributed by atoms with E-state index >= 15 is 0 Å². The quantitative estimate of drug-likeness (QED) is 0.756. The number of hydrogen-bond donors (Lipinski definition) is 0. The summed E-state index contributed by atoms with van der Waals surface area (Å²) in [4.78, 5) is 16.7. The zero-order chi connectivity index (χ0) is 18.4. The van der Waals surface area contributed by atoms with Crippen molar-refractivity contribution in [2.45, 2.75) is 51.5 Å². The van der Waals surface area contributed by atoms with E-state index in [1.807, 2.05) is 35.2 Å². The van der Waals surface area contributed by atoms with E-state index in [1.54, 1.807) is 0 Å². The van der Waals surface area contributed by atoms with Crippen molar-refractivity contribution in [3.05, 3.63) is 48.0 Å². The molecule has 0 bridgehead atoms. The Morgan fingerprint density at radius 3 is 2.69 bits per heavy atom. The molecule has 1 aromatic rings. The molecule has 2 aliphatic rings. The third-order valence-corrected chi connectivity index (χ3v) is 4.96. The molecule has 1 aromatic carbocycles. The molecule has 2 heterocycles. The Kier molecular flexibility index (Phi) is 6.69. The average molecular weight is 358 g/mol. The zero-order valence-corrected chi connectivity index (χ0v) is 15.8. The fourth-order valence-electron chi connectivity index (χ4n) is 3.82. The van der Waals surface area contributed by atoms with Gasteiger partial charge < -0.3 is 14.4 Å². The minimum Gasteiger partial charge on any atom is -0.445 e. The Bertz CT molecular complexity index is 595. The third kappa shape index (κ3) is 5.32. The highest BCUT2D eigenvalue weighted by molar-refractivity contribution is 5.68. The fraction of sp³-hybridized carbons (Fsp3) is 0.571. The molecule has 0 saturated carbocycles. The number of ether oxygens (including phenoxy) is 2. The normalized spacial score (nSPS) is 27.2. The van der Waals surface area contributed by atoms with Gasteiger partial charge >= 0.3 is 6.09 Å². The molecular weight excluding hydrogens is 328 g/mol. The molecule has 142 valence electrons. The number of carbonyl (C=O) groups excluding carboxylic acids is 1. The number of hydrogen-bond acceptors (Lipinski definition) is 4. The van der Waals surface area contributed by atoms with Crippen LogP contribution in [0.4, 0.5) is 4.79 Å². The van der Waals surface area contributed by atoms with Crippen molar-refractivity contribution in [1.82, 2.24) is 9.80 Å². The van der Waals surface area contributed by atoms with Crippen LogP contribution in [0.25, 0.3) is 0 Å². The molecule has 0 radical (unpaired) electrons. The Hall–Kier alpha value is -1.85. The highest BCUT2D eigenvalue weighted by atomic mass is 16.6. The van der Waals surface area contributed by atoms with E-state index in [9.17, 15) is 4.79 Å². The Balaban J connectivity index is 1.47. The Morgan fingerprint density at radius 1 is 1.23 bits per heavy atom. The zero-order valence-electron chi connectivity index (χ0n) is 15.8. The Morgan fingerprint density at radius 2 is 1.96 bits per heavy atom. The molecule has 5 nitrogen and oxygen atoms in total. The van der Waals surface area contributed by atoms with Crippen LogP contribution in [0.1, 0.15) is 32.3 Å². The van der Waals surface area contributed by atoms with Gasteiger partial charge in [0.05, 0.1) is 18.2 Å². The van der Waals surface area contributed by atoms with Crippen LogP contribution in [0.3, 0.4) is 0 Å². The molecular formula is C21H30N2O3. The van der Waals surface area contributed by atoms with E-state index in [-0.39, 0.29) is 24.3 Å². The smallest absolute Gasteiger partial charge is 0.410 e. The van der Waals surface area contributed by atoms with Gasteiger partial charge in [-0.1, -0.05) is 42.5 Å². The van der Waals surface area contributed by atoms with Crippen LogP contribution in [-0.2, 0) is 16.1 Å². The van der Waals surface area contributed by atoms with E-state index in [0.717, 1.165) is 44.6 Å². The van der Waals surface area contributed by atoms with Gasteiger partial charge in [0, 0.05) is 26.2 Å². The molecule has 0 spiro atoms. The van der Waals surface area contributed by atoms with Crippen molar-refractivity contribution in [3.63, 3.8) is 0 Å². The number of benzene rings is 1. The summed E-state index contributed by atoms with van der Waals surface area (Å²) in [6.45, 7) is 8.16. The molecule has 5 heteroatoms. The lowest BCUT2D eigenvalue weighted by Gasteiger charge is -2.34. The van der Waals surface area contributed by atoms with Gasteiger partial charge in [0.25, 0.3) is 0 Å². The topological polar surface area (TPSA) is 42.0 Å². The summed E-state index contributed by atoms with van der Waals surface area (Å²) in [7, 11) is 0. The second kappa shape index (κ2) is 9.19. The first kappa shape index (κ1) is 18.9. The van der Waals surface area contributed by atoms with Gasteiger partial charge in [0.15, 0.2) is 0 Å². The number of nitrogens with zero attached hydrogens (tertiary/aromatic N) is 2. The highest BCUT2D eigenvalue weighted by Gasteiger charge is 2.28. The van der Waals surface area contributed by atoms with Crippen molar-refractivity contribution < 1.29 is 14.3 Å². The number of rotatable bonds is 5. The highest BCUT2D eigenvalue weighted by Crippen LogP contribution is 2.20. The first-order valence-corrected chi connectivity index (χ1v) is 9.63. The minimum absolute atomic E-state index is 0.147. The van der Waals surface area contributed by atoms with E-state index in [2.05, 4.69) is 30.9 Å². The average Bonchev–Trinajstić information content (AvgIpc) is 3.08. The maximum Gasteiger partial charge on any atom is 0.410 e. The summed E-state index contributed by atoms with van der Waals surface area (Å²) in [6.07, 6.45) is 6.74. The first-order valence-electron chi connectivity index (χ1n) is 9.63. The number of amides is 1. The summed E-state index contributed by atoms with van der Waals surface area (Å²) < 4.78 is 11.3. The predicted molar refractivity (Wildman–Crippen MR) is 102 cm³/mol. The molecule has 26 heavy (non-hydrogen) atoms. The second-order valence-electron chi connectivity index (χ2n) is 7.35. The third-order valence-electron chi connectivity index (χ3n) is 4.96. The van der Waals surface area contributed by atoms with Crippen LogP contribution >= 0.6 is 0 Å². The van der Waals surface area contributed by atoms with Crippen LogP contribution in [0.5, 0.6) is 0 Å². The van der Waals surface area contributed by atoms with Crippen LogP contribution in [-0.4, -0.2) is 60.3 Å². The molecule has 3 atom stereocenters. The van der Waals surface area contributed by atoms with Crippen LogP contribution in [0.2, 0.25) is 0 Å². The molecule has 2 aliphatic heterocycles.